The first-order chi connectivity index (χ1) is 9.41. The van der Waals surface area contributed by atoms with E-state index in [0.717, 1.165) is 9.87 Å². The third kappa shape index (κ3) is 3.56. The lowest BCUT2D eigenvalue weighted by molar-refractivity contribution is -0.144. The maximum atomic E-state index is 12.0. The molecule has 0 spiro atoms. The first-order valence-electron chi connectivity index (χ1n) is 6.26. The minimum absolute atomic E-state index is 0.150. The van der Waals surface area contributed by atoms with Gasteiger partial charge in [0.25, 0.3) is 0 Å². The van der Waals surface area contributed by atoms with Crippen molar-refractivity contribution < 1.29 is 17.9 Å². The molecule has 1 saturated heterocycles. The van der Waals surface area contributed by atoms with E-state index in [4.69, 9.17) is 4.74 Å². The highest BCUT2D eigenvalue weighted by Crippen LogP contribution is 2.22. The fourth-order valence-corrected chi connectivity index (χ4v) is 3.36. The molecular formula is C13H18N2O4S. The van der Waals surface area contributed by atoms with E-state index >= 15 is 0 Å². The van der Waals surface area contributed by atoms with Crippen molar-refractivity contribution in [3.8, 4) is 0 Å². The predicted molar refractivity (Wildman–Crippen MR) is 74.2 cm³/mol. The highest BCUT2D eigenvalue weighted by molar-refractivity contribution is 7.90. The highest BCUT2D eigenvalue weighted by atomic mass is 32.2. The molecule has 0 radical (unpaired) electrons. The van der Waals surface area contributed by atoms with Gasteiger partial charge in [0.1, 0.15) is 18.5 Å². The molecule has 0 amide bonds. The summed E-state index contributed by atoms with van der Waals surface area (Å²) in [5.74, 6) is -0.553. The smallest absolute Gasteiger partial charge is 0.321 e. The lowest BCUT2D eigenvalue weighted by atomic mass is 10.2. The third-order valence-corrected chi connectivity index (χ3v) is 5.37. The Morgan fingerprint density at radius 2 is 2.00 bits per heavy atom. The molecule has 2 atom stereocenters. The number of ether oxygens (including phenoxy) is 1. The zero-order valence-electron chi connectivity index (χ0n) is 11.5. The van der Waals surface area contributed by atoms with Crippen LogP contribution in [-0.2, 0) is 26.2 Å². The molecule has 1 aromatic carbocycles. The number of rotatable bonds is 6. The van der Waals surface area contributed by atoms with Crippen molar-refractivity contribution in [3.05, 3.63) is 35.9 Å². The van der Waals surface area contributed by atoms with E-state index in [2.05, 4.69) is 0 Å². The standard InChI is InChI=1S/C13H18N2O4S/c1-14-8-12(14)20(17,18)15(2)9-13(16)19-10-11-6-4-3-5-7-11/h3-7,12H,8-10H2,1-2H3/t12-,14?/m1/s1. The molecule has 0 bridgehead atoms. The number of carbonyl (C=O) groups excluding carboxylic acids is 1. The van der Waals surface area contributed by atoms with Crippen LogP contribution in [0, 0.1) is 0 Å². The Morgan fingerprint density at radius 3 is 2.55 bits per heavy atom. The molecule has 2 rings (SSSR count). The molecule has 0 aromatic heterocycles. The number of benzene rings is 1. The number of nitrogens with zero attached hydrogens (tertiary/aromatic N) is 2. The van der Waals surface area contributed by atoms with E-state index in [-0.39, 0.29) is 13.2 Å². The first-order valence-corrected chi connectivity index (χ1v) is 7.76. The predicted octanol–water partition coefficient (Wildman–Crippen LogP) is 0.263. The Labute approximate surface area is 119 Å². The number of hydrogen-bond donors (Lipinski definition) is 0. The summed E-state index contributed by atoms with van der Waals surface area (Å²) in [7, 11) is -0.314. The molecule has 110 valence electrons. The molecule has 7 heteroatoms. The minimum Gasteiger partial charge on any atom is -0.460 e. The van der Waals surface area contributed by atoms with Crippen molar-refractivity contribution in [2.45, 2.75) is 12.0 Å². The van der Waals surface area contributed by atoms with Gasteiger partial charge < -0.3 is 4.74 Å². The average Bonchev–Trinajstić information content (AvgIpc) is 3.15. The number of esters is 1. The van der Waals surface area contributed by atoms with Crippen molar-refractivity contribution in [2.24, 2.45) is 0 Å². The SMILES string of the molecule is CN1C[C@H]1S(=O)(=O)N(C)CC(=O)OCc1ccccc1. The molecule has 20 heavy (non-hydrogen) atoms. The lowest BCUT2D eigenvalue weighted by Gasteiger charge is -2.15. The molecule has 1 fully saturated rings. The quantitative estimate of drug-likeness (QED) is 0.557. The Bertz CT molecular complexity index is 573. The van der Waals surface area contributed by atoms with Gasteiger partial charge in [0.2, 0.25) is 10.0 Å². The van der Waals surface area contributed by atoms with Gasteiger partial charge in [-0.15, -0.1) is 0 Å². The van der Waals surface area contributed by atoms with Gasteiger partial charge in [0.15, 0.2) is 0 Å². The van der Waals surface area contributed by atoms with Gasteiger partial charge >= 0.3 is 5.97 Å². The maximum absolute atomic E-state index is 12.0. The Hall–Kier alpha value is -1.44. The number of sulfonamides is 1. The molecule has 0 aliphatic carbocycles. The van der Waals surface area contributed by atoms with E-state index in [1.165, 1.54) is 7.05 Å². The van der Waals surface area contributed by atoms with Crippen LogP contribution in [0.15, 0.2) is 30.3 Å². The fraction of sp³-hybridized carbons (Fsp3) is 0.462. The summed E-state index contributed by atoms with van der Waals surface area (Å²) in [5, 5.41) is -0.505. The number of likely N-dealkylation sites (N-methyl/N-ethyl adjacent to an activating group) is 2. The average molecular weight is 298 g/mol. The number of hydrogen-bond acceptors (Lipinski definition) is 5. The topological polar surface area (TPSA) is 66.7 Å². The van der Waals surface area contributed by atoms with E-state index < -0.39 is 21.4 Å². The molecule has 1 aliphatic rings. The van der Waals surface area contributed by atoms with E-state index in [9.17, 15) is 13.2 Å². The zero-order valence-corrected chi connectivity index (χ0v) is 12.3. The number of carbonyl (C=O) groups is 1. The van der Waals surface area contributed by atoms with Crippen LogP contribution in [0.25, 0.3) is 0 Å². The van der Waals surface area contributed by atoms with Crippen molar-refractivity contribution in [2.75, 3.05) is 27.2 Å². The zero-order chi connectivity index (χ0) is 14.8. The van der Waals surface area contributed by atoms with Crippen molar-refractivity contribution in [3.63, 3.8) is 0 Å². The molecule has 0 N–H and O–H groups in total. The van der Waals surface area contributed by atoms with Gasteiger partial charge in [0.05, 0.1) is 0 Å². The summed E-state index contributed by atoms with van der Waals surface area (Å²) in [5.41, 5.74) is 0.869. The van der Waals surface area contributed by atoms with E-state index in [0.29, 0.717) is 6.54 Å². The van der Waals surface area contributed by atoms with Crippen LogP contribution in [0.4, 0.5) is 0 Å². The fourth-order valence-electron chi connectivity index (χ4n) is 1.78. The van der Waals surface area contributed by atoms with Gasteiger partial charge in [-0.2, -0.15) is 4.31 Å². The van der Waals surface area contributed by atoms with Crippen LogP contribution in [0.2, 0.25) is 0 Å². The molecule has 0 saturated carbocycles. The minimum atomic E-state index is -3.43. The first kappa shape index (κ1) is 15.0. The maximum Gasteiger partial charge on any atom is 0.321 e. The van der Waals surface area contributed by atoms with E-state index in [1.807, 2.05) is 30.3 Å². The van der Waals surface area contributed by atoms with Gasteiger partial charge in [-0.05, 0) is 12.6 Å². The second-order valence-corrected chi connectivity index (χ2v) is 7.04. The van der Waals surface area contributed by atoms with Crippen molar-refractivity contribution in [1.82, 2.24) is 9.21 Å². The van der Waals surface area contributed by atoms with Crippen LogP contribution in [0.5, 0.6) is 0 Å². The van der Waals surface area contributed by atoms with Crippen LogP contribution in [0.3, 0.4) is 0 Å². The normalized spacial score (nSPS) is 21.8. The van der Waals surface area contributed by atoms with Crippen molar-refractivity contribution >= 4 is 16.0 Å². The molecule has 1 aromatic rings. The van der Waals surface area contributed by atoms with Crippen molar-refractivity contribution in [1.29, 1.82) is 0 Å². The van der Waals surface area contributed by atoms with Crippen LogP contribution in [-0.4, -0.2) is 56.2 Å². The largest absolute Gasteiger partial charge is 0.460 e. The summed E-state index contributed by atoms with van der Waals surface area (Å²) in [6.45, 7) is 0.391. The molecule has 6 nitrogen and oxygen atoms in total. The molecular weight excluding hydrogens is 280 g/mol. The van der Waals surface area contributed by atoms with Gasteiger partial charge in [-0.3, -0.25) is 9.69 Å². The Kier molecular flexibility index (Phi) is 4.42. The van der Waals surface area contributed by atoms with Gasteiger partial charge in [-0.1, -0.05) is 30.3 Å². The second-order valence-electron chi connectivity index (χ2n) is 4.84. The summed E-state index contributed by atoms with van der Waals surface area (Å²) < 4.78 is 30.1. The third-order valence-electron chi connectivity index (χ3n) is 3.17. The summed E-state index contributed by atoms with van der Waals surface area (Å²) in [6.07, 6.45) is 0. The Morgan fingerprint density at radius 1 is 1.40 bits per heavy atom. The second kappa shape index (κ2) is 5.90. The summed E-state index contributed by atoms with van der Waals surface area (Å²) in [6, 6.07) is 9.25. The lowest BCUT2D eigenvalue weighted by Crippen LogP contribution is -2.36. The molecule has 1 heterocycles. The van der Waals surface area contributed by atoms with Gasteiger partial charge in [0, 0.05) is 13.6 Å². The van der Waals surface area contributed by atoms with E-state index in [1.54, 1.807) is 11.9 Å². The van der Waals surface area contributed by atoms with Crippen LogP contribution >= 0.6 is 0 Å². The molecule has 1 aliphatic heterocycles. The Balaban J connectivity index is 1.82. The highest BCUT2D eigenvalue weighted by Gasteiger charge is 2.44. The van der Waals surface area contributed by atoms with Crippen LogP contribution < -0.4 is 0 Å². The molecule has 1 unspecified atom stereocenters. The summed E-state index contributed by atoms with van der Waals surface area (Å²) >= 11 is 0. The monoisotopic (exact) mass is 298 g/mol. The van der Waals surface area contributed by atoms with Gasteiger partial charge in [-0.25, -0.2) is 8.42 Å². The summed E-state index contributed by atoms with van der Waals surface area (Å²) in [4.78, 5) is 13.4. The van der Waals surface area contributed by atoms with Crippen LogP contribution in [0.1, 0.15) is 5.56 Å².